The molecule has 1 aliphatic rings. The Hall–Kier alpha value is -0.740. The summed E-state index contributed by atoms with van der Waals surface area (Å²) in [5, 5.41) is 3.61. The van der Waals surface area contributed by atoms with E-state index < -0.39 is 0 Å². The van der Waals surface area contributed by atoms with Gasteiger partial charge in [-0.3, -0.25) is 0 Å². The monoisotopic (exact) mass is 327 g/mol. The van der Waals surface area contributed by atoms with Gasteiger partial charge >= 0.3 is 0 Å². The van der Waals surface area contributed by atoms with Crippen LogP contribution in [0, 0.1) is 0 Å². The molecule has 2 rings (SSSR count). The summed E-state index contributed by atoms with van der Waals surface area (Å²) in [6, 6.07) is 4.51. The lowest BCUT2D eigenvalue weighted by Gasteiger charge is -2.24. The topological polar surface area (TPSA) is 30.5 Å². The molecule has 4 heteroatoms. The molecule has 0 saturated carbocycles. The number of nitrogens with one attached hydrogen (secondary N) is 1. The molecular weight excluding hydrogens is 306 g/mol. The van der Waals surface area contributed by atoms with Gasteiger partial charge in [0, 0.05) is 10.5 Å². The summed E-state index contributed by atoms with van der Waals surface area (Å²) in [6.07, 6.45) is 3.42. The van der Waals surface area contributed by atoms with Crippen molar-refractivity contribution in [1.29, 1.82) is 0 Å². The van der Waals surface area contributed by atoms with Gasteiger partial charge in [0.1, 0.15) is 13.2 Å². The van der Waals surface area contributed by atoms with Crippen LogP contribution in [0.5, 0.6) is 11.5 Å². The van der Waals surface area contributed by atoms with Crippen molar-refractivity contribution in [2.24, 2.45) is 0 Å². The van der Waals surface area contributed by atoms with Gasteiger partial charge in [0.05, 0.1) is 0 Å². The van der Waals surface area contributed by atoms with Gasteiger partial charge in [-0.15, -0.1) is 0 Å². The minimum absolute atomic E-state index is 0.371. The van der Waals surface area contributed by atoms with Crippen molar-refractivity contribution >= 4 is 15.9 Å². The lowest BCUT2D eigenvalue weighted by Crippen LogP contribution is -2.23. The van der Waals surface area contributed by atoms with E-state index in [1.807, 2.05) is 6.07 Å². The summed E-state index contributed by atoms with van der Waals surface area (Å²) in [7, 11) is 0. The van der Waals surface area contributed by atoms with Crippen molar-refractivity contribution in [3.8, 4) is 11.5 Å². The summed E-state index contributed by atoms with van der Waals surface area (Å²) in [5.41, 5.74) is 1.26. The van der Waals surface area contributed by atoms with Crippen LogP contribution in [0.15, 0.2) is 16.6 Å². The van der Waals surface area contributed by atoms with Gasteiger partial charge in [0.25, 0.3) is 0 Å². The zero-order valence-corrected chi connectivity index (χ0v) is 13.3. The number of halogens is 1. The van der Waals surface area contributed by atoms with E-state index >= 15 is 0 Å². The van der Waals surface area contributed by atoms with E-state index in [4.69, 9.17) is 9.47 Å². The maximum atomic E-state index is 5.68. The minimum Gasteiger partial charge on any atom is -0.486 e. The second-order valence-electron chi connectivity index (χ2n) is 4.81. The highest BCUT2D eigenvalue weighted by atomic mass is 79.9. The van der Waals surface area contributed by atoms with Crippen LogP contribution in [-0.2, 0) is 0 Å². The summed E-state index contributed by atoms with van der Waals surface area (Å²) in [5.74, 6) is 1.71. The molecule has 106 valence electrons. The Kier molecular flexibility index (Phi) is 5.52. The van der Waals surface area contributed by atoms with Crippen molar-refractivity contribution in [2.75, 3.05) is 19.8 Å². The van der Waals surface area contributed by atoms with E-state index in [1.165, 1.54) is 5.56 Å². The van der Waals surface area contributed by atoms with Gasteiger partial charge in [0.2, 0.25) is 0 Å². The summed E-state index contributed by atoms with van der Waals surface area (Å²) in [4.78, 5) is 0. The van der Waals surface area contributed by atoms with Crippen molar-refractivity contribution in [1.82, 2.24) is 5.32 Å². The molecule has 1 heterocycles. The molecule has 1 aromatic carbocycles. The first-order valence-electron chi connectivity index (χ1n) is 7.08. The first-order valence-corrected chi connectivity index (χ1v) is 7.88. The highest BCUT2D eigenvalue weighted by Gasteiger charge is 2.19. The Morgan fingerprint density at radius 3 is 2.47 bits per heavy atom. The highest BCUT2D eigenvalue weighted by molar-refractivity contribution is 9.10. The summed E-state index contributed by atoms with van der Waals surface area (Å²) >= 11 is 3.66. The van der Waals surface area contributed by atoms with Gasteiger partial charge in [-0.1, -0.05) is 36.2 Å². The molecule has 19 heavy (non-hydrogen) atoms. The second-order valence-corrected chi connectivity index (χ2v) is 5.67. The van der Waals surface area contributed by atoms with Crippen LogP contribution >= 0.6 is 15.9 Å². The molecule has 0 fully saturated rings. The fourth-order valence-corrected chi connectivity index (χ4v) is 2.92. The van der Waals surface area contributed by atoms with Crippen molar-refractivity contribution in [3.63, 3.8) is 0 Å². The quantitative estimate of drug-likeness (QED) is 0.854. The van der Waals surface area contributed by atoms with E-state index in [0.29, 0.717) is 19.3 Å². The minimum atomic E-state index is 0.371. The molecule has 1 aromatic rings. The Morgan fingerprint density at radius 1 is 1.16 bits per heavy atom. The standard InChI is InChI=1S/C15H22BrNO2/c1-3-5-13(17-6-4-2)11-9-14-15(10-12(11)16)19-8-7-18-14/h9-10,13,17H,3-8H2,1-2H3. The van der Waals surface area contributed by atoms with Gasteiger partial charge in [-0.25, -0.2) is 0 Å². The Labute approximate surface area is 123 Å². The summed E-state index contributed by atoms with van der Waals surface area (Å²) in [6.45, 7) is 6.70. The molecule has 1 N–H and O–H groups in total. The van der Waals surface area contributed by atoms with Crippen LogP contribution < -0.4 is 14.8 Å². The zero-order valence-electron chi connectivity index (χ0n) is 11.7. The molecule has 0 amide bonds. The summed E-state index contributed by atoms with van der Waals surface area (Å²) < 4.78 is 12.4. The molecular formula is C15H22BrNO2. The number of hydrogen-bond acceptors (Lipinski definition) is 3. The van der Waals surface area contributed by atoms with Crippen LogP contribution in [0.4, 0.5) is 0 Å². The van der Waals surface area contributed by atoms with E-state index in [9.17, 15) is 0 Å². The van der Waals surface area contributed by atoms with Crippen molar-refractivity contribution < 1.29 is 9.47 Å². The van der Waals surface area contributed by atoms with E-state index in [-0.39, 0.29) is 0 Å². The molecule has 3 nitrogen and oxygen atoms in total. The zero-order chi connectivity index (χ0) is 13.7. The predicted octanol–water partition coefficient (Wildman–Crippen LogP) is 4.06. The van der Waals surface area contributed by atoms with Crippen LogP contribution in [-0.4, -0.2) is 19.8 Å². The first kappa shape index (κ1) is 14.7. The largest absolute Gasteiger partial charge is 0.486 e. The molecule has 1 atom stereocenters. The maximum Gasteiger partial charge on any atom is 0.162 e. The smallest absolute Gasteiger partial charge is 0.162 e. The van der Waals surface area contributed by atoms with Gasteiger partial charge in [-0.05, 0) is 37.1 Å². The Bertz CT molecular complexity index is 423. The van der Waals surface area contributed by atoms with E-state index in [0.717, 1.165) is 41.8 Å². The lowest BCUT2D eigenvalue weighted by atomic mass is 10.0. The average molecular weight is 328 g/mol. The predicted molar refractivity (Wildman–Crippen MR) is 81.1 cm³/mol. The van der Waals surface area contributed by atoms with E-state index in [1.54, 1.807) is 0 Å². The molecule has 0 aromatic heterocycles. The number of hydrogen-bond donors (Lipinski definition) is 1. The normalized spacial score (nSPS) is 15.3. The molecule has 1 unspecified atom stereocenters. The third-order valence-electron chi connectivity index (χ3n) is 3.26. The molecule has 1 aliphatic heterocycles. The molecule has 0 bridgehead atoms. The molecule has 0 aliphatic carbocycles. The van der Waals surface area contributed by atoms with Crippen LogP contribution in [0.3, 0.4) is 0 Å². The number of fused-ring (bicyclic) bond motifs is 1. The third kappa shape index (κ3) is 3.63. The fourth-order valence-electron chi connectivity index (χ4n) is 2.32. The first-order chi connectivity index (χ1) is 9.26. The SMILES string of the molecule is CCCNC(CCC)c1cc2c(cc1Br)OCCO2. The molecule has 0 spiro atoms. The van der Waals surface area contributed by atoms with Crippen molar-refractivity contribution in [3.05, 3.63) is 22.2 Å². The van der Waals surface area contributed by atoms with Crippen LogP contribution in [0.25, 0.3) is 0 Å². The maximum absolute atomic E-state index is 5.68. The van der Waals surface area contributed by atoms with Crippen LogP contribution in [0.1, 0.15) is 44.7 Å². The van der Waals surface area contributed by atoms with Gasteiger partial charge in [0.15, 0.2) is 11.5 Å². The number of benzene rings is 1. The Morgan fingerprint density at radius 2 is 1.84 bits per heavy atom. The second kappa shape index (κ2) is 7.15. The number of ether oxygens (including phenoxy) is 2. The highest BCUT2D eigenvalue weighted by Crippen LogP contribution is 2.38. The van der Waals surface area contributed by atoms with Gasteiger partial charge < -0.3 is 14.8 Å². The van der Waals surface area contributed by atoms with Gasteiger partial charge in [-0.2, -0.15) is 0 Å². The molecule has 0 radical (unpaired) electrons. The fraction of sp³-hybridized carbons (Fsp3) is 0.600. The average Bonchev–Trinajstić information content (AvgIpc) is 2.43. The van der Waals surface area contributed by atoms with Crippen molar-refractivity contribution in [2.45, 2.75) is 39.2 Å². The van der Waals surface area contributed by atoms with E-state index in [2.05, 4.69) is 41.2 Å². The third-order valence-corrected chi connectivity index (χ3v) is 3.94. The van der Waals surface area contributed by atoms with Crippen LogP contribution in [0.2, 0.25) is 0 Å². The lowest BCUT2D eigenvalue weighted by molar-refractivity contribution is 0.171. The Balaban J connectivity index is 2.25. The number of rotatable bonds is 6. The molecule has 0 saturated heterocycles.